The van der Waals surface area contributed by atoms with Gasteiger partial charge in [-0.15, -0.1) is 0 Å². The van der Waals surface area contributed by atoms with E-state index in [-0.39, 0.29) is 34.3 Å². The van der Waals surface area contributed by atoms with Crippen molar-refractivity contribution in [3.63, 3.8) is 0 Å². The minimum atomic E-state index is -4.53. The summed E-state index contributed by atoms with van der Waals surface area (Å²) in [5, 5.41) is 10.1. The number of carbonyl (C=O) groups excluding carboxylic acids is 1. The maximum atomic E-state index is 12.7. The maximum Gasteiger partial charge on any atom is 0.416 e. The zero-order chi connectivity index (χ0) is 20.9. The van der Waals surface area contributed by atoms with E-state index in [1.54, 1.807) is 0 Å². The van der Waals surface area contributed by atoms with Gasteiger partial charge in [0.1, 0.15) is 24.1 Å². The van der Waals surface area contributed by atoms with Crippen LogP contribution < -0.4 is 9.80 Å². The Balaban J connectivity index is 2.35. The minimum absolute atomic E-state index is 0.0118. The highest BCUT2D eigenvalue weighted by Gasteiger charge is 2.31. The van der Waals surface area contributed by atoms with E-state index in [2.05, 4.69) is 4.74 Å². The summed E-state index contributed by atoms with van der Waals surface area (Å²) in [6, 6.07) is 8.85. The van der Waals surface area contributed by atoms with E-state index in [4.69, 9.17) is 21.2 Å². The lowest BCUT2D eigenvalue weighted by atomic mass is 10.1. The number of alkyl halides is 3. The van der Waals surface area contributed by atoms with Crippen molar-refractivity contribution in [2.24, 2.45) is 0 Å². The van der Waals surface area contributed by atoms with Crippen LogP contribution in [0.3, 0.4) is 0 Å². The van der Waals surface area contributed by atoms with E-state index in [0.29, 0.717) is 0 Å². The number of ether oxygens (including phenoxy) is 2. The second-order valence-corrected chi connectivity index (χ2v) is 5.74. The molecule has 0 radical (unpaired) electrons. The Labute approximate surface area is 163 Å². The van der Waals surface area contributed by atoms with Crippen LogP contribution in [-0.2, 0) is 20.5 Å². The third kappa shape index (κ3) is 5.06. The Morgan fingerprint density at radius 3 is 2.46 bits per heavy atom. The molecule has 0 aliphatic rings. The predicted molar refractivity (Wildman–Crippen MR) is 94.1 cm³/mol. The molecule has 10 heteroatoms. The van der Waals surface area contributed by atoms with Gasteiger partial charge in [-0.05, 0) is 30.3 Å². The molecule has 2 rings (SSSR count). The number of methoxy groups -OCH3 is 1. The van der Waals surface area contributed by atoms with E-state index in [9.17, 15) is 23.2 Å². The summed E-state index contributed by atoms with van der Waals surface area (Å²) >= 11 is 5.89. The molecular weight excluding hydrogens is 401 g/mol. The van der Waals surface area contributed by atoms with Gasteiger partial charge in [-0.25, -0.2) is 5.06 Å². The van der Waals surface area contributed by atoms with Crippen molar-refractivity contribution in [2.75, 3.05) is 25.8 Å². The van der Waals surface area contributed by atoms with Crippen molar-refractivity contribution in [1.29, 1.82) is 5.26 Å². The van der Waals surface area contributed by atoms with Crippen LogP contribution in [0.1, 0.15) is 11.1 Å². The smallest absolute Gasteiger partial charge is 0.416 e. The first-order valence-corrected chi connectivity index (χ1v) is 8.04. The van der Waals surface area contributed by atoms with Gasteiger partial charge >= 0.3 is 12.1 Å². The van der Waals surface area contributed by atoms with Crippen molar-refractivity contribution in [1.82, 2.24) is 0 Å². The molecule has 0 saturated carbocycles. The number of esters is 1. The summed E-state index contributed by atoms with van der Waals surface area (Å²) in [5.41, 5.74) is -0.526. The topological polar surface area (TPSA) is 71.8 Å². The van der Waals surface area contributed by atoms with E-state index >= 15 is 0 Å². The van der Waals surface area contributed by atoms with Crippen molar-refractivity contribution in [3.8, 4) is 17.6 Å². The van der Waals surface area contributed by atoms with Crippen LogP contribution >= 0.6 is 11.6 Å². The molecule has 0 aliphatic carbocycles. The van der Waals surface area contributed by atoms with Crippen LogP contribution in [0.15, 0.2) is 36.4 Å². The molecular formula is C18H14ClF3N2O4. The highest BCUT2D eigenvalue weighted by atomic mass is 35.5. The molecule has 2 aromatic rings. The summed E-state index contributed by atoms with van der Waals surface area (Å²) in [6.07, 6.45) is -4.53. The number of halogens is 4. The molecule has 0 amide bonds. The first-order chi connectivity index (χ1) is 13.2. The number of benzene rings is 2. The maximum absolute atomic E-state index is 12.7. The molecule has 0 unspecified atom stereocenters. The normalized spacial score (nSPS) is 10.9. The van der Waals surface area contributed by atoms with Crippen molar-refractivity contribution >= 4 is 23.3 Å². The van der Waals surface area contributed by atoms with Gasteiger partial charge in [-0.1, -0.05) is 11.6 Å². The molecule has 0 aromatic heterocycles. The summed E-state index contributed by atoms with van der Waals surface area (Å²) < 4.78 is 48.3. The molecule has 0 saturated heterocycles. The number of nitriles is 1. The van der Waals surface area contributed by atoms with Gasteiger partial charge < -0.3 is 9.47 Å². The number of rotatable bonds is 6. The van der Waals surface area contributed by atoms with Crippen LogP contribution in [-0.4, -0.2) is 26.7 Å². The van der Waals surface area contributed by atoms with Gasteiger partial charge in [0.05, 0.1) is 36.1 Å². The van der Waals surface area contributed by atoms with E-state index in [0.717, 1.165) is 23.3 Å². The van der Waals surface area contributed by atoms with Gasteiger partial charge in [-0.2, -0.15) is 18.4 Å². The molecule has 0 heterocycles. The molecule has 0 aliphatic heterocycles. The zero-order valence-electron chi connectivity index (χ0n) is 14.7. The Morgan fingerprint density at radius 2 is 1.93 bits per heavy atom. The lowest BCUT2D eigenvalue weighted by Crippen LogP contribution is -2.30. The molecule has 0 N–H and O–H groups in total. The van der Waals surface area contributed by atoms with E-state index < -0.39 is 17.7 Å². The third-order valence-electron chi connectivity index (χ3n) is 3.57. The summed E-state index contributed by atoms with van der Waals surface area (Å²) in [5.74, 6) is -0.451. The number of hydroxylamine groups is 1. The van der Waals surface area contributed by atoms with Crippen molar-refractivity contribution in [3.05, 3.63) is 52.5 Å². The standard InChI is InChI=1S/C18H14ClF3N2O4/c1-26-17(25)10-24(27-2)15-8-13(5-3-11(15)9-23)28-16-6-4-12(7-14(16)19)18(20,21)22/h3-8H,10H2,1-2H3. The van der Waals surface area contributed by atoms with E-state index in [1.165, 1.54) is 32.4 Å². The molecule has 0 spiro atoms. The fourth-order valence-electron chi connectivity index (χ4n) is 2.19. The van der Waals surface area contributed by atoms with Gasteiger partial charge in [0, 0.05) is 6.07 Å². The molecule has 0 atom stereocenters. The predicted octanol–water partition coefficient (Wildman–Crippen LogP) is 4.56. The van der Waals surface area contributed by atoms with Crippen LogP contribution in [0.5, 0.6) is 11.5 Å². The Bertz CT molecular complexity index is 913. The number of anilines is 1. The molecule has 148 valence electrons. The van der Waals surface area contributed by atoms with Crippen LogP contribution in [0.4, 0.5) is 18.9 Å². The Kier molecular flexibility index (Phi) is 6.72. The average molecular weight is 415 g/mol. The van der Waals surface area contributed by atoms with Gasteiger partial charge in [0.15, 0.2) is 0 Å². The summed E-state index contributed by atoms with van der Waals surface area (Å²) in [4.78, 5) is 16.6. The average Bonchev–Trinajstić information content (AvgIpc) is 2.66. The number of hydrogen-bond acceptors (Lipinski definition) is 6. The lowest BCUT2D eigenvalue weighted by Gasteiger charge is -2.22. The largest absolute Gasteiger partial charge is 0.468 e. The molecule has 6 nitrogen and oxygen atoms in total. The highest BCUT2D eigenvalue weighted by molar-refractivity contribution is 6.32. The van der Waals surface area contributed by atoms with Gasteiger partial charge in [0.2, 0.25) is 0 Å². The third-order valence-corrected chi connectivity index (χ3v) is 3.86. The number of hydrogen-bond donors (Lipinski definition) is 0. The molecule has 0 fully saturated rings. The monoisotopic (exact) mass is 414 g/mol. The highest BCUT2D eigenvalue weighted by Crippen LogP contribution is 2.37. The Hall–Kier alpha value is -2.96. The first-order valence-electron chi connectivity index (χ1n) is 7.66. The minimum Gasteiger partial charge on any atom is -0.468 e. The summed E-state index contributed by atoms with van der Waals surface area (Å²) in [6.45, 7) is -0.299. The van der Waals surface area contributed by atoms with E-state index in [1.807, 2.05) is 6.07 Å². The van der Waals surface area contributed by atoms with Crippen LogP contribution in [0, 0.1) is 11.3 Å². The molecule has 2 aromatic carbocycles. The van der Waals surface area contributed by atoms with Crippen molar-refractivity contribution in [2.45, 2.75) is 6.18 Å². The Morgan fingerprint density at radius 1 is 1.21 bits per heavy atom. The fourth-order valence-corrected chi connectivity index (χ4v) is 2.41. The lowest BCUT2D eigenvalue weighted by molar-refractivity contribution is -0.140. The first kappa shape index (κ1) is 21.3. The fraction of sp³-hybridized carbons (Fsp3) is 0.222. The van der Waals surface area contributed by atoms with Gasteiger partial charge in [-0.3, -0.25) is 9.63 Å². The van der Waals surface area contributed by atoms with Gasteiger partial charge in [0.25, 0.3) is 0 Å². The summed E-state index contributed by atoms with van der Waals surface area (Å²) in [7, 11) is 2.50. The quantitative estimate of drug-likeness (QED) is 0.509. The van der Waals surface area contributed by atoms with Crippen LogP contribution in [0.2, 0.25) is 5.02 Å². The molecule has 0 bridgehead atoms. The zero-order valence-corrected chi connectivity index (χ0v) is 15.5. The SMILES string of the molecule is COC(=O)CN(OC)c1cc(Oc2ccc(C(F)(F)F)cc2Cl)ccc1C#N. The number of carbonyl (C=O) groups is 1. The second-order valence-electron chi connectivity index (χ2n) is 5.33. The molecule has 28 heavy (non-hydrogen) atoms. The second kappa shape index (κ2) is 8.82. The number of nitrogens with zero attached hydrogens (tertiary/aromatic N) is 2. The van der Waals surface area contributed by atoms with Crippen molar-refractivity contribution < 1.29 is 32.3 Å². The van der Waals surface area contributed by atoms with Crippen LogP contribution in [0.25, 0.3) is 0 Å².